The highest BCUT2D eigenvalue weighted by molar-refractivity contribution is 6.63. The van der Waals surface area contributed by atoms with Crippen LogP contribution >= 0.6 is 11.6 Å². The molecule has 47 heavy (non-hydrogen) atoms. The lowest BCUT2D eigenvalue weighted by Crippen LogP contribution is -1.97. The monoisotopic (exact) mass is 677 g/mol. The number of Topliss-reactive ketones (excluding diaryl/α,β-unsaturated/α-hetero) is 1. The second kappa shape index (κ2) is 41.3. The lowest BCUT2D eigenvalue weighted by Gasteiger charge is -2.03. The first-order valence-electron chi connectivity index (χ1n) is 21.2. The Labute approximate surface area is 300 Å². The average molecular weight is 678 g/mol. The standard InChI is InChI=1S/C44H81ClO2/c1-2-3-4-5-6-7-8-9-10-11-13-16-19-22-25-28-31-34-37-40-43(46)41-38-35-32-29-26-23-20-17-14-12-15-18-21-24-27-30-33-36-39-42-44(45)47/h9-10,14,17H,2-8,11-13,15-16,18-42H2,1H3/b10-9-,17-14-. The Morgan fingerprint density at radius 2 is 0.574 bits per heavy atom. The van der Waals surface area contributed by atoms with Crippen molar-refractivity contribution in [2.24, 2.45) is 0 Å². The Morgan fingerprint density at radius 3 is 0.851 bits per heavy atom. The Hall–Kier alpha value is -0.890. The van der Waals surface area contributed by atoms with E-state index in [0.29, 0.717) is 12.2 Å². The van der Waals surface area contributed by atoms with Gasteiger partial charge in [0.2, 0.25) is 5.24 Å². The Balaban J connectivity index is 3.23. The second-order valence-corrected chi connectivity index (χ2v) is 14.9. The van der Waals surface area contributed by atoms with E-state index in [-0.39, 0.29) is 5.24 Å². The summed E-state index contributed by atoms with van der Waals surface area (Å²) in [5, 5.41) is -0.190. The van der Waals surface area contributed by atoms with Gasteiger partial charge < -0.3 is 0 Å². The molecule has 0 aromatic heterocycles. The topological polar surface area (TPSA) is 34.1 Å². The van der Waals surface area contributed by atoms with E-state index in [4.69, 9.17) is 11.6 Å². The minimum Gasteiger partial charge on any atom is -0.300 e. The number of halogens is 1. The molecular formula is C44H81ClO2. The summed E-state index contributed by atoms with van der Waals surface area (Å²) in [4.78, 5) is 22.9. The molecule has 276 valence electrons. The molecular weight excluding hydrogens is 596 g/mol. The maximum Gasteiger partial charge on any atom is 0.221 e. The Kier molecular flexibility index (Phi) is 40.5. The van der Waals surface area contributed by atoms with E-state index in [9.17, 15) is 9.59 Å². The number of ketones is 1. The maximum absolute atomic E-state index is 12.2. The highest BCUT2D eigenvalue weighted by Gasteiger charge is 2.02. The fourth-order valence-electron chi connectivity index (χ4n) is 6.52. The minimum atomic E-state index is -0.190. The summed E-state index contributed by atoms with van der Waals surface area (Å²) in [5.74, 6) is 0.504. The molecule has 0 aliphatic heterocycles. The molecule has 0 aromatic carbocycles. The van der Waals surface area contributed by atoms with Crippen LogP contribution in [0.25, 0.3) is 0 Å². The van der Waals surface area contributed by atoms with E-state index in [1.807, 2.05) is 0 Å². The van der Waals surface area contributed by atoms with Crippen LogP contribution in [0.5, 0.6) is 0 Å². The van der Waals surface area contributed by atoms with Crippen molar-refractivity contribution in [2.45, 2.75) is 244 Å². The normalized spacial score (nSPS) is 11.8. The summed E-state index contributed by atoms with van der Waals surface area (Å²) in [5.41, 5.74) is 0. The zero-order valence-electron chi connectivity index (χ0n) is 31.7. The van der Waals surface area contributed by atoms with Crippen LogP contribution in [-0.2, 0) is 9.59 Å². The van der Waals surface area contributed by atoms with Crippen molar-refractivity contribution in [3.8, 4) is 0 Å². The summed E-state index contributed by atoms with van der Waals surface area (Å²) in [7, 11) is 0. The van der Waals surface area contributed by atoms with E-state index in [1.165, 1.54) is 193 Å². The molecule has 0 unspecified atom stereocenters. The van der Waals surface area contributed by atoms with Crippen molar-refractivity contribution in [1.82, 2.24) is 0 Å². The van der Waals surface area contributed by atoms with Gasteiger partial charge in [-0.05, 0) is 82.2 Å². The summed E-state index contributed by atoms with van der Waals surface area (Å²) in [6, 6.07) is 0. The molecule has 0 aliphatic rings. The molecule has 0 aromatic rings. The van der Waals surface area contributed by atoms with Crippen molar-refractivity contribution < 1.29 is 9.59 Å². The number of carbonyl (C=O) groups excluding carboxylic acids is 2. The van der Waals surface area contributed by atoms with Crippen LogP contribution in [0.15, 0.2) is 24.3 Å². The van der Waals surface area contributed by atoms with Gasteiger partial charge in [0.05, 0.1) is 0 Å². The van der Waals surface area contributed by atoms with Crippen LogP contribution in [0.3, 0.4) is 0 Å². The van der Waals surface area contributed by atoms with Crippen LogP contribution in [0.4, 0.5) is 0 Å². The number of rotatable bonds is 40. The van der Waals surface area contributed by atoms with E-state index < -0.39 is 0 Å². The van der Waals surface area contributed by atoms with E-state index in [2.05, 4.69) is 31.2 Å². The van der Waals surface area contributed by atoms with Crippen molar-refractivity contribution >= 4 is 22.6 Å². The molecule has 0 N–H and O–H groups in total. The third-order valence-electron chi connectivity index (χ3n) is 9.70. The molecule has 0 fully saturated rings. The van der Waals surface area contributed by atoms with Gasteiger partial charge in [-0.15, -0.1) is 0 Å². The summed E-state index contributed by atoms with van der Waals surface area (Å²) < 4.78 is 0. The van der Waals surface area contributed by atoms with Gasteiger partial charge in [0, 0.05) is 19.3 Å². The van der Waals surface area contributed by atoms with E-state index in [1.54, 1.807) is 0 Å². The van der Waals surface area contributed by atoms with E-state index >= 15 is 0 Å². The van der Waals surface area contributed by atoms with Crippen molar-refractivity contribution in [2.75, 3.05) is 0 Å². The van der Waals surface area contributed by atoms with Crippen molar-refractivity contribution in [3.05, 3.63) is 24.3 Å². The van der Waals surface area contributed by atoms with Gasteiger partial charge in [-0.2, -0.15) is 0 Å². The number of allylic oxidation sites excluding steroid dienone is 4. The maximum atomic E-state index is 12.2. The SMILES string of the molecule is CCCCCCCC/C=C\CCCCCCCCCCCC(=O)CCCCCCCC/C=C\CCCCCCCCCCCC(=O)Cl. The van der Waals surface area contributed by atoms with Crippen LogP contribution < -0.4 is 0 Å². The molecule has 0 bridgehead atoms. The Bertz CT molecular complexity index is 697. The number of hydrogen-bond acceptors (Lipinski definition) is 2. The highest BCUT2D eigenvalue weighted by Crippen LogP contribution is 2.15. The second-order valence-electron chi connectivity index (χ2n) is 14.5. The summed E-state index contributed by atoms with van der Waals surface area (Å²) >= 11 is 5.36. The fraction of sp³-hybridized carbons (Fsp3) is 0.864. The zero-order chi connectivity index (χ0) is 34.1. The van der Waals surface area contributed by atoms with Crippen LogP contribution in [-0.4, -0.2) is 11.0 Å². The molecule has 0 saturated heterocycles. The van der Waals surface area contributed by atoms with Gasteiger partial charge >= 0.3 is 0 Å². The lowest BCUT2D eigenvalue weighted by atomic mass is 10.0. The van der Waals surface area contributed by atoms with Gasteiger partial charge in [0.15, 0.2) is 0 Å². The third-order valence-corrected chi connectivity index (χ3v) is 9.89. The molecule has 0 rings (SSSR count). The molecule has 0 heterocycles. The van der Waals surface area contributed by atoms with Crippen LogP contribution in [0.2, 0.25) is 0 Å². The lowest BCUT2D eigenvalue weighted by molar-refractivity contribution is -0.119. The van der Waals surface area contributed by atoms with Gasteiger partial charge in [-0.1, -0.05) is 179 Å². The average Bonchev–Trinajstić information content (AvgIpc) is 3.06. The molecule has 0 spiro atoms. The number of unbranched alkanes of at least 4 members (excludes halogenated alkanes) is 30. The molecule has 0 aliphatic carbocycles. The molecule has 0 atom stereocenters. The number of hydrogen-bond donors (Lipinski definition) is 0. The van der Waals surface area contributed by atoms with Gasteiger partial charge in [-0.3, -0.25) is 9.59 Å². The first kappa shape index (κ1) is 46.1. The van der Waals surface area contributed by atoms with Gasteiger partial charge in [0.1, 0.15) is 5.78 Å². The highest BCUT2D eigenvalue weighted by atomic mass is 35.5. The molecule has 2 nitrogen and oxygen atoms in total. The minimum absolute atomic E-state index is 0.190. The quantitative estimate of drug-likeness (QED) is 0.0368. The predicted octanol–water partition coefficient (Wildman–Crippen LogP) is 15.9. The molecule has 0 amide bonds. The van der Waals surface area contributed by atoms with E-state index in [0.717, 1.165) is 38.5 Å². The largest absolute Gasteiger partial charge is 0.300 e. The number of carbonyl (C=O) groups is 2. The zero-order valence-corrected chi connectivity index (χ0v) is 32.4. The fourth-order valence-corrected chi connectivity index (χ4v) is 6.65. The summed E-state index contributed by atoms with van der Waals surface area (Å²) in [6.07, 6.45) is 56.1. The third kappa shape index (κ3) is 43.1. The smallest absolute Gasteiger partial charge is 0.221 e. The summed E-state index contributed by atoms with van der Waals surface area (Å²) in [6.45, 7) is 2.29. The van der Waals surface area contributed by atoms with Crippen LogP contribution in [0, 0.1) is 0 Å². The van der Waals surface area contributed by atoms with Crippen LogP contribution in [0.1, 0.15) is 244 Å². The first-order chi connectivity index (χ1) is 23.2. The predicted molar refractivity (Wildman–Crippen MR) is 211 cm³/mol. The van der Waals surface area contributed by atoms with Gasteiger partial charge in [0.25, 0.3) is 0 Å². The van der Waals surface area contributed by atoms with Gasteiger partial charge in [-0.25, -0.2) is 0 Å². The first-order valence-corrected chi connectivity index (χ1v) is 21.5. The Morgan fingerprint density at radius 1 is 0.340 bits per heavy atom. The van der Waals surface area contributed by atoms with Crippen molar-refractivity contribution in [3.63, 3.8) is 0 Å². The molecule has 3 heteroatoms. The molecule has 0 saturated carbocycles. The molecule has 0 radical (unpaired) electrons. The van der Waals surface area contributed by atoms with Crippen molar-refractivity contribution in [1.29, 1.82) is 0 Å².